The van der Waals surface area contributed by atoms with Crippen LogP contribution in [0.4, 0.5) is 0 Å². The van der Waals surface area contributed by atoms with Crippen LogP contribution < -0.4 is 5.32 Å². The molecular weight excluding hydrogens is 248 g/mol. The Kier molecular flexibility index (Phi) is 6.48. The van der Waals surface area contributed by atoms with Crippen molar-refractivity contribution in [2.45, 2.75) is 6.54 Å². The van der Waals surface area contributed by atoms with Crippen molar-refractivity contribution in [1.82, 2.24) is 20.0 Å². The molecule has 7 nitrogen and oxygen atoms in total. The number of nitrogens with one attached hydrogen (secondary N) is 1. The number of carbonyl (C=O) groups is 1. The molecular formula is C12H22N4O3. The Hall–Kier alpha value is -1.44. The van der Waals surface area contributed by atoms with Crippen LogP contribution in [-0.4, -0.2) is 66.2 Å². The molecule has 108 valence electrons. The Morgan fingerprint density at radius 1 is 1.53 bits per heavy atom. The summed E-state index contributed by atoms with van der Waals surface area (Å²) in [4.78, 5) is 13.0. The second-order valence-electron chi connectivity index (χ2n) is 4.53. The summed E-state index contributed by atoms with van der Waals surface area (Å²) in [7, 11) is 5.73. The zero-order valence-corrected chi connectivity index (χ0v) is 11.7. The van der Waals surface area contributed by atoms with Gasteiger partial charge in [0.25, 0.3) is 0 Å². The van der Waals surface area contributed by atoms with Crippen molar-refractivity contribution in [3.8, 4) is 0 Å². The summed E-state index contributed by atoms with van der Waals surface area (Å²) in [5, 5.41) is 16.1. The van der Waals surface area contributed by atoms with Gasteiger partial charge >= 0.3 is 5.97 Å². The van der Waals surface area contributed by atoms with Gasteiger partial charge in [-0.3, -0.25) is 4.68 Å². The number of carboxylic acid groups (broad SMARTS) is 1. The minimum absolute atomic E-state index is 0.239. The molecule has 7 heteroatoms. The van der Waals surface area contributed by atoms with E-state index >= 15 is 0 Å². The van der Waals surface area contributed by atoms with Crippen molar-refractivity contribution in [2.24, 2.45) is 7.05 Å². The Morgan fingerprint density at radius 3 is 2.89 bits per heavy atom. The predicted octanol–water partition coefficient (Wildman–Crippen LogP) is -0.214. The lowest BCUT2D eigenvalue weighted by Crippen LogP contribution is -2.24. The van der Waals surface area contributed by atoms with E-state index in [0.717, 1.165) is 6.54 Å². The summed E-state index contributed by atoms with van der Waals surface area (Å²) < 4.78 is 7.00. The lowest BCUT2D eigenvalue weighted by Gasteiger charge is -2.10. The molecule has 0 unspecified atom stereocenters. The molecule has 0 amide bonds. The van der Waals surface area contributed by atoms with Crippen LogP contribution >= 0.6 is 0 Å². The summed E-state index contributed by atoms with van der Waals surface area (Å²) in [5.41, 5.74) is 0.907. The van der Waals surface area contributed by atoms with E-state index < -0.39 is 5.97 Å². The van der Waals surface area contributed by atoms with Gasteiger partial charge in [-0.2, -0.15) is 5.10 Å². The summed E-state index contributed by atoms with van der Waals surface area (Å²) in [6, 6.07) is 0. The second-order valence-corrected chi connectivity index (χ2v) is 4.53. The smallest absolute Gasteiger partial charge is 0.339 e. The first kappa shape index (κ1) is 15.6. The number of ether oxygens (including phenoxy) is 1. The molecule has 0 aromatic carbocycles. The minimum Gasteiger partial charge on any atom is -0.478 e. The monoisotopic (exact) mass is 270 g/mol. The van der Waals surface area contributed by atoms with E-state index in [4.69, 9.17) is 9.84 Å². The third-order valence-corrected chi connectivity index (χ3v) is 2.69. The van der Waals surface area contributed by atoms with Crippen molar-refractivity contribution in [3.63, 3.8) is 0 Å². The average Bonchev–Trinajstić information content (AvgIpc) is 2.69. The second kappa shape index (κ2) is 7.88. The molecule has 1 aromatic heterocycles. The van der Waals surface area contributed by atoms with Crippen LogP contribution in [0.25, 0.3) is 0 Å². The summed E-state index contributed by atoms with van der Waals surface area (Å²) in [5.74, 6) is -0.952. The normalized spacial score (nSPS) is 11.2. The van der Waals surface area contributed by atoms with Crippen LogP contribution in [0.15, 0.2) is 6.20 Å². The fraction of sp³-hybridized carbons (Fsp3) is 0.667. The highest BCUT2D eigenvalue weighted by molar-refractivity contribution is 5.88. The Bertz CT molecular complexity index is 404. The molecule has 0 atom stereocenters. The number of hydrogen-bond acceptors (Lipinski definition) is 5. The summed E-state index contributed by atoms with van der Waals surface area (Å²) >= 11 is 0. The van der Waals surface area contributed by atoms with Gasteiger partial charge < -0.3 is 20.1 Å². The third-order valence-electron chi connectivity index (χ3n) is 2.69. The molecule has 0 radical (unpaired) electrons. The maximum absolute atomic E-state index is 11.0. The molecule has 0 aliphatic heterocycles. The topological polar surface area (TPSA) is 79.6 Å². The maximum atomic E-state index is 11.0. The van der Waals surface area contributed by atoms with E-state index in [0.29, 0.717) is 32.0 Å². The fourth-order valence-corrected chi connectivity index (χ4v) is 1.55. The quantitative estimate of drug-likeness (QED) is 0.604. The van der Waals surface area contributed by atoms with Gasteiger partial charge in [-0.05, 0) is 14.1 Å². The van der Waals surface area contributed by atoms with Crippen LogP contribution in [-0.2, 0) is 18.3 Å². The van der Waals surface area contributed by atoms with E-state index in [-0.39, 0.29) is 5.56 Å². The zero-order chi connectivity index (χ0) is 14.3. The zero-order valence-electron chi connectivity index (χ0n) is 11.7. The molecule has 0 bridgehead atoms. The number of nitrogens with zero attached hydrogens (tertiary/aromatic N) is 3. The van der Waals surface area contributed by atoms with Gasteiger partial charge in [-0.25, -0.2) is 4.79 Å². The molecule has 0 saturated carbocycles. The van der Waals surface area contributed by atoms with Gasteiger partial charge in [-0.15, -0.1) is 0 Å². The van der Waals surface area contributed by atoms with E-state index in [1.54, 1.807) is 11.7 Å². The number of hydrogen-bond donors (Lipinski definition) is 2. The molecule has 2 N–H and O–H groups in total. The van der Waals surface area contributed by atoms with E-state index in [2.05, 4.69) is 15.3 Å². The molecule has 1 aromatic rings. The Labute approximate surface area is 113 Å². The standard InChI is InChI=1S/C12H22N4O3/c1-15(2)5-7-19-6-4-13-9-11-10(12(17)18)8-14-16(11)3/h8,13H,4-7,9H2,1-3H3,(H,17,18). The highest BCUT2D eigenvalue weighted by Gasteiger charge is 2.13. The number of aromatic carboxylic acids is 1. The Balaban J connectivity index is 2.23. The lowest BCUT2D eigenvalue weighted by molar-refractivity contribution is 0.0695. The van der Waals surface area contributed by atoms with Gasteiger partial charge in [0.15, 0.2) is 0 Å². The van der Waals surface area contributed by atoms with Gasteiger partial charge in [0.05, 0.1) is 25.1 Å². The first-order valence-corrected chi connectivity index (χ1v) is 6.19. The molecule has 0 saturated heterocycles. The Morgan fingerprint density at radius 2 is 2.26 bits per heavy atom. The molecule has 19 heavy (non-hydrogen) atoms. The summed E-state index contributed by atoms with van der Waals surface area (Å²) in [6.07, 6.45) is 1.37. The third kappa shape index (κ3) is 5.37. The maximum Gasteiger partial charge on any atom is 0.339 e. The van der Waals surface area contributed by atoms with Crippen LogP contribution in [0, 0.1) is 0 Å². The lowest BCUT2D eigenvalue weighted by atomic mass is 10.2. The number of carboxylic acids is 1. The molecule has 0 fully saturated rings. The van der Waals surface area contributed by atoms with E-state index in [1.807, 2.05) is 14.1 Å². The average molecular weight is 270 g/mol. The SMILES string of the molecule is CN(C)CCOCCNCc1c(C(=O)O)cnn1C. The van der Waals surface area contributed by atoms with Gasteiger partial charge in [0, 0.05) is 26.7 Å². The van der Waals surface area contributed by atoms with Crippen LogP contribution in [0.2, 0.25) is 0 Å². The van der Waals surface area contributed by atoms with Crippen molar-refractivity contribution in [2.75, 3.05) is 40.4 Å². The predicted molar refractivity (Wildman–Crippen MR) is 71.2 cm³/mol. The first-order chi connectivity index (χ1) is 9.02. The van der Waals surface area contributed by atoms with Gasteiger partial charge in [-0.1, -0.05) is 0 Å². The molecule has 0 spiro atoms. The van der Waals surface area contributed by atoms with E-state index in [9.17, 15) is 4.79 Å². The molecule has 0 aliphatic carbocycles. The van der Waals surface area contributed by atoms with E-state index in [1.165, 1.54) is 6.20 Å². The highest BCUT2D eigenvalue weighted by Crippen LogP contribution is 2.06. The van der Waals surface area contributed by atoms with Gasteiger partial charge in [0.2, 0.25) is 0 Å². The number of aryl methyl sites for hydroxylation is 1. The van der Waals surface area contributed by atoms with Crippen molar-refractivity contribution in [3.05, 3.63) is 17.5 Å². The largest absolute Gasteiger partial charge is 0.478 e. The van der Waals surface area contributed by atoms with Crippen molar-refractivity contribution in [1.29, 1.82) is 0 Å². The first-order valence-electron chi connectivity index (χ1n) is 6.19. The van der Waals surface area contributed by atoms with Crippen LogP contribution in [0.5, 0.6) is 0 Å². The van der Waals surface area contributed by atoms with Crippen LogP contribution in [0.1, 0.15) is 16.1 Å². The fourth-order valence-electron chi connectivity index (χ4n) is 1.55. The van der Waals surface area contributed by atoms with Crippen molar-refractivity contribution >= 4 is 5.97 Å². The van der Waals surface area contributed by atoms with Gasteiger partial charge in [0.1, 0.15) is 5.56 Å². The highest BCUT2D eigenvalue weighted by atomic mass is 16.5. The minimum atomic E-state index is -0.952. The molecule has 1 heterocycles. The number of aromatic nitrogens is 2. The summed E-state index contributed by atoms with van der Waals surface area (Å²) in [6.45, 7) is 3.34. The molecule has 1 rings (SSSR count). The number of rotatable bonds is 9. The molecule has 0 aliphatic rings. The van der Waals surface area contributed by atoms with Crippen LogP contribution in [0.3, 0.4) is 0 Å². The number of likely N-dealkylation sites (N-methyl/N-ethyl adjacent to an activating group) is 1. The van der Waals surface area contributed by atoms with Crippen molar-refractivity contribution < 1.29 is 14.6 Å².